The number of halogens is 1. The molecule has 0 spiro atoms. The molecule has 1 aromatic carbocycles. The third-order valence-corrected chi connectivity index (χ3v) is 1.48. The fourth-order valence-electron chi connectivity index (χ4n) is 0.883. The Morgan fingerprint density at radius 2 is 2.23 bits per heavy atom. The molecule has 0 unspecified atom stereocenters. The largest absolute Gasteiger partial charge is 0.299 e. The molecule has 0 aliphatic carbocycles. The molecular weight excluding hydrogens is 169 g/mol. The van der Waals surface area contributed by atoms with Crippen molar-refractivity contribution in [3.8, 4) is 6.07 Å². The van der Waals surface area contributed by atoms with E-state index in [2.05, 4.69) is 0 Å². The van der Waals surface area contributed by atoms with Gasteiger partial charge in [0.25, 0.3) is 0 Å². The molecule has 1 rings (SSSR count). The van der Waals surface area contributed by atoms with Crippen LogP contribution in [0.3, 0.4) is 0 Å². The molecule has 0 fully saturated rings. The van der Waals surface area contributed by atoms with Gasteiger partial charge in [0.2, 0.25) is 0 Å². The number of benzene rings is 1. The number of allylic oxidation sites excluding steroid dienone is 1. The summed E-state index contributed by atoms with van der Waals surface area (Å²) in [6.07, 6.45) is 3.41. The zero-order valence-corrected chi connectivity index (χ0v) is 6.70. The molecule has 0 saturated heterocycles. The Labute approximate surface area is 74.9 Å². The van der Waals surface area contributed by atoms with Gasteiger partial charge in [-0.15, -0.1) is 0 Å². The maximum absolute atomic E-state index is 12.8. The van der Waals surface area contributed by atoms with Gasteiger partial charge in [0.1, 0.15) is 18.2 Å². The molecule has 3 heteroatoms. The third kappa shape index (κ3) is 2.24. The third-order valence-electron chi connectivity index (χ3n) is 1.48. The van der Waals surface area contributed by atoms with Crippen molar-refractivity contribution in [3.63, 3.8) is 0 Å². The van der Waals surface area contributed by atoms with Gasteiger partial charge < -0.3 is 0 Å². The fraction of sp³-hybridized carbons (Fsp3) is 0. The second-order valence-corrected chi connectivity index (χ2v) is 2.35. The Balaban J connectivity index is 3.08. The van der Waals surface area contributed by atoms with Crippen LogP contribution in [0.2, 0.25) is 0 Å². The summed E-state index contributed by atoms with van der Waals surface area (Å²) in [5, 5.41) is 8.48. The second kappa shape index (κ2) is 4.17. The first-order valence-corrected chi connectivity index (χ1v) is 3.59. The van der Waals surface area contributed by atoms with Gasteiger partial charge in [-0.3, -0.25) is 4.79 Å². The van der Waals surface area contributed by atoms with Crippen molar-refractivity contribution in [2.24, 2.45) is 0 Å². The van der Waals surface area contributed by atoms with E-state index in [0.717, 1.165) is 0 Å². The average Bonchev–Trinajstić information content (AvgIpc) is 2.16. The van der Waals surface area contributed by atoms with Crippen LogP contribution in [0, 0.1) is 17.1 Å². The summed E-state index contributed by atoms with van der Waals surface area (Å²) in [7, 11) is 0. The van der Waals surface area contributed by atoms with Crippen molar-refractivity contribution in [1.29, 1.82) is 5.26 Å². The number of hydrogen-bond donors (Lipinski definition) is 0. The maximum Gasteiger partial charge on any atom is 0.142 e. The van der Waals surface area contributed by atoms with Crippen LogP contribution in [0.4, 0.5) is 4.39 Å². The first kappa shape index (κ1) is 9.14. The van der Waals surface area contributed by atoms with Gasteiger partial charge in [0.15, 0.2) is 0 Å². The van der Waals surface area contributed by atoms with Crippen LogP contribution in [0.15, 0.2) is 24.3 Å². The van der Waals surface area contributed by atoms with E-state index < -0.39 is 5.82 Å². The summed E-state index contributed by atoms with van der Waals surface area (Å²) >= 11 is 0. The molecule has 2 nitrogen and oxygen atoms in total. The van der Waals surface area contributed by atoms with Crippen molar-refractivity contribution in [2.45, 2.75) is 0 Å². The minimum absolute atomic E-state index is 0.0203. The first-order valence-electron chi connectivity index (χ1n) is 3.59. The van der Waals surface area contributed by atoms with Crippen LogP contribution in [-0.4, -0.2) is 6.29 Å². The zero-order valence-electron chi connectivity index (χ0n) is 6.70. The SMILES string of the molecule is N#Cc1cc(/C=C/C=O)ccc1F. The zero-order chi connectivity index (χ0) is 9.68. The number of rotatable bonds is 2. The summed E-state index contributed by atoms with van der Waals surface area (Å²) in [4.78, 5) is 9.97. The van der Waals surface area contributed by atoms with Gasteiger partial charge in [-0.1, -0.05) is 12.1 Å². The highest BCUT2D eigenvalue weighted by Crippen LogP contribution is 2.10. The standard InChI is InChI=1S/C10H6FNO/c11-10-4-3-8(2-1-5-13)6-9(10)7-12/h1-6H/b2-1+. The summed E-state index contributed by atoms with van der Waals surface area (Å²) in [5.41, 5.74) is 0.609. The van der Waals surface area contributed by atoms with E-state index in [1.165, 1.54) is 30.4 Å². The fourth-order valence-corrected chi connectivity index (χ4v) is 0.883. The molecule has 0 aromatic heterocycles. The predicted octanol–water partition coefficient (Wildman–Crippen LogP) is 1.91. The molecule has 0 amide bonds. The number of aldehydes is 1. The lowest BCUT2D eigenvalue weighted by Crippen LogP contribution is -1.83. The van der Waals surface area contributed by atoms with E-state index in [0.29, 0.717) is 11.8 Å². The highest BCUT2D eigenvalue weighted by atomic mass is 19.1. The first-order chi connectivity index (χ1) is 6.27. The summed E-state index contributed by atoms with van der Waals surface area (Å²) < 4.78 is 12.8. The molecule has 0 aliphatic rings. The van der Waals surface area contributed by atoms with Gasteiger partial charge in [-0.05, 0) is 23.8 Å². The van der Waals surface area contributed by atoms with Crippen molar-refractivity contribution >= 4 is 12.4 Å². The highest BCUT2D eigenvalue weighted by Gasteiger charge is 1.99. The highest BCUT2D eigenvalue weighted by molar-refractivity contribution is 5.74. The van der Waals surface area contributed by atoms with Crippen LogP contribution in [0.1, 0.15) is 11.1 Å². The number of nitrogens with zero attached hydrogens (tertiary/aromatic N) is 1. The van der Waals surface area contributed by atoms with E-state index in [-0.39, 0.29) is 5.56 Å². The van der Waals surface area contributed by atoms with E-state index in [1.807, 2.05) is 0 Å². The Hall–Kier alpha value is -1.95. The smallest absolute Gasteiger partial charge is 0.142 e. The minimum atomic E-state index is -0.550. The van der Waals surface area contributed by atoms with Crippen LogP contribution < -0.4 is 0 Å². The molecule has 0 aliphatic heterocycles. The van der Waals surface area contributed by atoms with Crippen LogP contribution in [-0.2, 0) is 4.79 Å². The lowest BCUT2D eigenvalue weighted by molar-refractivity contribution is -0.104. The molecule has 0 heterocycles. The van der Waals surface area contributed by atoms with Gasteiger partial charge >= 0.3 is 0 Å². The lowest BCUT2D eigenvalue weighted by atomic mass is 10.1. The van der Waals surface area contributed by atoms with E-state index >= 15 is 0 Å². The van der Waals surface area contributed by atoms with Crippen molar-refractivity contribution in [1.82, 2.24) is 0 Å². The number of carbonyl (C=O) groups excluding carboxylic acids is 1. The minimum Gasteiger partial charge on any atom is -0.299 e. The molecule has 0 saturated carbocycles. The molecule has 0 radical (unpaired) electrons. The van der Waals surface area contributed by atoms with Crippen molar-refractivity contribution < 1.29 is 9.18 Å². The molecule has 1 aromatic rings. The Kier molecular flexibility index (Phi) is 2.93. The van der Waals surface area contributed by atoms with Crippen LogP contribution >= 0.6 is 0 Å². The summed E-state index contributed by atoms with van der Waals surface area (Å²) in [6.45, 7) is 0. The molecular formula is C10H6FNO. The van der Waals surface area contributed by atoms with E-state index in [1.54, 1.807) is 6.07 Å². The van der Waals surface area contributed by atoms with Gasteiger partial charge in [-0.25, -0.2) is 4.39 Å². The Bertz CT molecular complexity index is 390. The topological polar surface area (TPSA) is 40.9 Å². The second-order valence-electron chi connectivity index (χ2n) is 2.35. The predicted molar refractivity (Wildman–Crippen MR) is 46.2 cm³/mol. The van der Waals surface area contributed by atoms with E-state index in [4.69, 9.17) is 5.26 Å². The number of hydrogen-bond acceptors (Lipinski definition) is 2. The van der Waals surface area contributed by atoms with Gasteiger partial charge in [-0.2, -0.15) is 5.26 Å². The molecule has 0 atom stereocenters. The van der Waals surface area contributed by atoms with Gasteiger partial charge in [0.05, 0.1) is 5.56 Å². The number of carbonyl (C=O) groups is 1. The monoisotopic (exact) mass is 175 g/mol. The van der Waals surface area contributed by atoms with Crippen LogP contribution in [0.5, 0.6) is 0 Å². The molecule has 0 N–H and O–H groups in total. The quantitative estimate of drug-likeness (QED) is 0.508. The van der Waals surface area contributed by atoms with Gasteiger partial charge in [0, 0.05) is 0 Å². The van der Waals surface area contributed by atoms with Crippen molar-refractivity contribution in [2.75, 3.05) is 0 Å². The van der Waals surface area contributed by atoms with Crippen molar-refractivity contribution in [3.05, 3.63) is 41.2 Å². The van der Waals surface area contributed by atoms with E-state index in [9.17, 15) is 9.18 Å². The molecule has 13 heavy (non-hydrogen) atoms. The number of nitriles is 1. The molecule has 64 valence electrons. The Morgan fingerprint density at radius 3 is 2.85 bits per heavy atom. The summed E-state index contributed by atoms with van der Waals surface area (Å²) in [5.74, 6) is -0.550. The van der Waals surface area contributed by atoms with Crippen LogP contribution in [0.25, 0.3) is 6.08 Å². The lowest BCUT2D eigenvalue weighted by Gasteiger charge is -1.94. The Morgan fingerprint density at radius 1 is 1.46 bits per heavy atom. The molecule has 0 bridgehead atoms. The summed E-state index contributed by atoms with van der Waals surface area (Å²) in [6, 6.07) is 5.79. The normalized spacial score (nSPS) is 9.85. The average molecular weight is 175 g/mol. The maximum atomic E-state index is 12.8.